The normalized spacial score (nSPS) is 20.8. The fourth-order valence-electron chi connectivity index (χ4n) is 2.49. The average molecular weight is 255 g/mol. The van der Waals surface area contributed by atoms with E-state index in [4.69, 9.17) is 0 Å². The molecule has 1 amide bonds. The van der Waals surface area contributed by atoms with E-state index in [0.717, 1.165) is 32.1 Å². The van der Waals surface area contributed by atoms with Gasteiger partial charge in [-0.1, -0.05) is 39.5 Å². The van der Waals surface area contributed by atoms with E-state index in [0.29, 0.717) is 12.8 Å². The maximum atomic E-state index is 11.8. The SMILES string of the molecule is CCC(C)C(=O)NCC1(C(=O)O)CCCCCC1. The number of carbonyl (C=O) groups is 2. The number of carboxylic acids is 1. The van der Waals surface area contributed by atoms with E-state index in [1.807, 2.05) is 13.8 Å². The van der Waals surface area contributed by atoms with Gasteiger partial charge in [0, 0.05) is 12.5 Å². The number of hydrogen-bond acceptors (Lipinski definition) is 2. The Morgan fingerprint density at radius 3 is 2.22 bits per heavy atom. The molecule has 0 aromatic heterocycles. The van der Waals surface area contributed by atoms with Gasteiger partial charge in [0.25, 0.3) is 0 Å². The van der Waals surface area contributed by atoms with Gasteiger partial charge < -0.3 is 10.4 Å². The topological polar surface area (TPSA) is 66.4 Å². The minimum Gasteiger partial charge on any atom is -0.481 e. The second-order valence-electron chi connectivity index (χ2n) is 5.53. The Morgan fingerprint density at radius 1 is 1.22 bits per heavy atom. The predicted octanol–water partition coefficient (Wildman–Crippen LogP) is 2.57. The van der Waals surface area contributed by atoms with Crippen molar-refractivity contribution in [3.05, 3.63) is 0 Å². The third kappa shape index (κ3) is 3.72. The third-order valence-corrected chi connectivity index (χ3v) is 4.18. The van der Waals surface area contributed by atoms with Crippen molar-refractivity contribution >= 4 is 11.9 Å². The molecule has 0 radical (unpaired) electrons. The highest BCUT2D eigenvalue weighted by molar-refractivity contribution is 5.80. The van der Waals surface area contributed by atoms with Crippen molar-refractivity contribution in [3.8, 4) is 0 Å². The molecule has 1 aliphatic carbocycles. The van der Waals surface area contributed by atoms with Crippen molar-refractivity contribution in [1.82, 2.24) is 5.32 Å². The summed E-state index contributed by atoms with van der Waals surface area (Å²) in [6.07, 6.45) is 6.26. The second kappa shape index (κ2) is 6.76. The average Bonchev–Trinajstić information content (AvgIpc) is 2.61. The first kappa shape index (κ1) is 15.0. The second-order valence-corrected chi connectivity index (χ2v) is 5.53. The van der Waals surface area contributed by atoms with Crippen molar-refractivity contribution < 1.29 is 14.7 Å². The Balaban J connectivity index is 2.62. The van der Waals surface area contributed by atoms with Gasteiger partial charge in [-0.05, 0) is 19.3 Å². The molecule has 0 spiro atoms. The first-order chi connectivity index (χ1) is 8.52. The fraction of sp³-hybridized carbons (Fsp3) is 0.857. The van der Waals surface area contributed by atoms with Gasteiger partial charge in [0.1, 0.15) is 0 Å². The van der Waals surface area contributed by atoms with Gasteiger partial charge in [-0.25, -0.2) is 0 Å². The molecule has 4 nitrogen and oxygen atoms in total. The van der Waals surface area contributed by atoms with Gasteiger partial charge in [-0.15, -0.1) is 0 Å². The van der Waals surface area contributed by atoms with Crippen LogP contribution in [0.3, 0.4) is 0 Å². The quantitative estimate of drug-likeness (QED) is 0.742. The molecular formula is C14H25NO3. The van der Waals surface area contributed by atoms with Crippen LogP contribution in [-0.2, 0) is 9.59 Å². The van der Waals surface area contributed by atoms with Crippen LogP contribution in [0.25, 0.3) is 0 Å². The lowest BCUT2D eigenvalue weighted by molar-refractivity contribution is -0.150. The van der Waals surface area contributed by atoms with Gasteiger partial charge >= 0.3 is 5.97 Å². The van der Waals surface area contributed by atoms with Crippen molar-refractivity contribution in [2.75, 3.05) is 6.54 Å². The summed E-state index contributed by atoms with van der Waals surface area (Å²) in [6, 6.07) is 0. The lowest BCUT2D eigenvalue weighted by Crippen LogP contribution is -2.44. The number of amides is 1. The summed E-state index contributed by atoms with van der Waals surface area (Å²) in [4.78, 5) is 23.3. The van der Waals surface area contributed by atoms with E-state index >= 15 is 0 Å². The number of carboxylic acid groups (broad SMARTS) is 1. The van der Waals surface area contributed by atoms with Crippen LogP contribution in [0.1, 0.15) is 58.8 Å². The first-order valence-corrected chi connectivity index (χ1v) is 7.03. The molecule has 1 unspecified atom stereocenters. The fourth-order valence-corrected chi connectivity index (χ4v) is 2.49. The van der Waals surface area contributed by atoms with Gasteiger partial charge in [-0.2, -0.15) is 0 Å². The Kier molecular flexibility index (Phi) is 5.63. The molecule has 0 heterocycles. The maximum Gasteiger partial charge on any atom is 0.311 e. The molecule has 2 N–H and O–H groups in total. The van der Waals surface area contributed by atoms with Gasteiger partial charge in [-0.3, -0.25) is 9.59 Å². The number of aliphatic carboxylic acids is 1. The Bertz CT molecular complexity index is 293. The summed E-state index contributed by atoms with van der Waals surface area (Å²) >= 11 is 0. The van der Waals surface area contributed by atoms with Crippen LogP contribution in [0, 0.1) is 11.3 Å². The van der Waals surface area contributed by atoms with Crippen molar-refractivity contribution in [3.63, 3.8) is 0 Å². The molecule has 0 saturated heterocycles. The standard InChI is InChI=1S/C14H25NO3/c1-3-11(2)12(16)15-10-14(13(17)18)8-6-4-5-7-9-14/h11H,3-10H2,1-2H3,(H,15,16)(H,17,18). The number of carbonyl (C=O) groups excluding carboxylic acids is 1. The van der Waals surface area contributed by atoms with E-state index in [2.05, 4.69) is 5.32 Å². The minimum absolute atomic E-state index is 0.0256. The molecule has 4 heteroatoms. The summed E-state index contributed by atoms with van der Waals surface area (Å²) < 4.78 is 0. The predicted molar refractivity (Wildman–Crippen MR) is 70.2 cm³/mol. The van der Waals surface area contributed by atoms with E-state index < -0.39 is 11.4 Å². The highest BCUT2D eigenvalue weighted by atomic mass is 16.4. The molecule has 0 aliphatic heterocycles. The molecule has 1 fully saturated rings. The largest absolute Gasteiger partial charge is 0.481 e. The monoisotopic (exact) mass is 255 g/mol. The lowest BCUT2D eigenvalue weighted by Gasteiger charge is -2.28. The van der Waals surface area contributed by atoms with Crippen LogP contribution in [0.5, 0.6) is 0 Å². The van der Waals surface area contributed by atoms with Gasteiger partial charge in [0.15, 0.2) is 0 Å². The molecule has 1 rings (SSSR count). The molecule has 0 bridgehead atoms. The Labute approximate surface area is 109 Å². The zero-order chi connectivity index (χ0) is 13.6. The molecule has 1 aliphatic rings. The van der Waals surface area contributed by atoms with Crippen LogP contribution in [-0.4, -0.2) is 23.5 Å². The van der Waals surface area contributed by atoms with E-state index in [1.54, 1.807) is 0 Å². The molecule has 18 heavy (non-hydrogen) atoms. The first-order valence-electron chi connectivity index (χ1n) is 7.03. The number of nitrogens with one attached hydrogen (secondary N) is 1. The highest BCUT2D eigenvalue weighted by Gasteiger charge is 2.39. The van der Waals surface area contributed by atoms with Crippen LogP contribution < -0.4 is 5.32 Å². The van der Waals surface area contributed by atoms with Gasteiger partial charge in [0.2, 0.25) is 5.91 Å². The van der Waals surface area contributed by atoms with Crippen LogP contribution in [0.2, 0.25) is 0 Å². The smallest absolute Gasteiger partial charge is 0.311 e. The van der Waals surface area contributed by atoms with Crippen molar-refractivity contribution in [2.24, 2.45) is 11.3 Å². The summed E-state index contributed by atoms with van der Waals surface area (Å²) in [6.45, 7) is 4.12. The summed E-state index contributed by atoms with van der Waals surface area (Å²) in [5.74, 6) is -0.821. The minimum atomic E-state index is -0.756. The highest BCUT2D eigenvalue weighted by Crippen LogP contribution is 2.34. The lowest BCUT2D eigenvalue weighted by atomic mass is 9.80. The summed E-state index contributed by atoms with van der Waals surface area (Å²) in [5, 5.41) is 12.3. The Hall–Kier alpha value is -1.06. The maximum absolute atomic E-state index is 11.8. The van der Waals surface area contributed by atoms with E-state index in [1.165, 1.54) is 0 Å². The number of rotatable bonds is 5. The van der Waals surface area contributed by atoms with Crippen molar-refractivity contribution in [2.45, 2.75) is 58.8 Å². The Morgan fingerprint density at radius 2 is 1.78 bits per heavy atom. The molecule has 0 aromatic carbocycles. The van der Waals surface area contributed by atoms with Gasteiger partial charge in [0.05, 0.1) is 5.41 Å². The van der Waals surface area contributed by atoms with Crippen molar-refractivity contribution in [1.29, 1.82) is 0 Å². The van der Waals surface area contributed by atoms with Crippen LogP contribution >= 0.6 is 0 Å². The summed E-state index contributed by atoms with van der Waals surface area (Å²) in [7, 11) is 0. The zero-order valence-corrected chi connectivity index (χ0v) is 11.5. The van der Waals surface area contributed by atoms with E-state index in [-0.39, 0.29) is 18.4 Å². The van der Waals surface area contributed by atoms with Crippen LogP contribution in [0.4, 0.5) is 0 Å². The molecule has 104 valence electrons. The summed E-state index contributed by atoms with van der Waals surface area (Å²) in [5.41, 5.74) is -0.736. The molecule has 0 aromatic rings. The third-order valence-electron chi connectivity index (χ3n) is 4.18. The molecule has 1 atom stereocenters. The molecule has 1 saturated carbocycles. The zero-order valence-electron chi connectivity index (χ0n) is 11.5. The molecular weight excluding hydrogens is 230 g/mol. The number of hydrogen-bond donors (Lipinski definition) is 2. The van der Waals surface area contributed by atoms with Crippen LogP contribution in [0.15, 0.2) is 0 Å². The van der Waals surface area contributed by atoms with E-state index in [9.17, 15) is 14.7 Å².